The third-order valence-corrected chi connectivity index (χ3v) is 3.12. The van der Waals surface area contributed by atoms with Gasteiger partial charge in [0.25, 0.3) is 0 Å². The summed E-state index contributed by atoms with van der Waals surface area (Å²) in [6, 6.07) is 7.89. The van der Waals surface area contributed by atoms with Crippen molar-refractivity contribution in [3.63, 3.8) is 0 Å². The highest BCUT2D eigenvalue weighted by Crippen LogP contribution is 2.16. The number of hydrogen-bond acceptors (Lipinski definition) is 3. The Bertz CT molecular complexity index is 389. The molecule has 0 heterocycles. The van der Waals surface area contributed by atoms with E-state index in [2.05, 4.69) is 0 Å². The van der Waals surface area contributed by atoms with Gasteiger partial charge in [-0.1, -0.05) is 24.3 Å². The maximum absolute atomic E-state index is 11.3. The summed E-state index contributed by atoms with van der Waals surface area (Å²) in [6.45, 7) is 3.50. The molecule has 1 rings (SSSR count). The van der Waals surface area contributed by atoms with Crippen molar-refractivity contribution in [3.8, 4) is 0 Å². The SMILES string of the molecule is COCCOCCC(Cc1ccccc1C)C(=O)O. The van der Waals surface area contributed by atoms with Crippen molar-refractivity contribution in [3.05, 3.63) is 35.4 Å². The zero-order valence-corrected chi connectivity index (χ0v) is 11.6. The predicted molar refractivity (Wildman–Crippen MR) is 73.3 cm³/mol. The summed E-state index contributed by atoms with van der Waals surface area (Å²) in [5.41, 5.74) is 2.22. The number of methoxy groups -OCH3 is 1. The van der Waals surface area contributed by atoms with Crippen LogP contribution in [0.15, 0.2) is 24.3 Å². The van der Waals surface area contributed by atoms with Crippen molar-refractivity contribution in [1.29, 1.82) is 0 Å². The van der Waals surface area contributed by atoms with E-state index in [1.165, 1.54) is 0 Å². The van der Waals surface area contributed by atoms with Crippen molar-refractivity contribution < 1.29 is 19.4 Å². The maximum Gasteiger partial charge on any atom is 0.306 e. The zero-order valence-electron chi connectivity index (χ0n) is 11.6. The smallest absolute Gasteiger partial charge is 0.306 e. The van der Waals surface area contributed by atoms with Gasteiger partial charge in [0.2, 0.25) is 0 Å². The molecule has 0 spiro atoms. The van der Waals surface area contributed by atoms with Gasteiger partial charge in [0.1, 0.15) is 0 Å². The first-order valence-corrected chi connectivity index (χ1v) is 6.49. The Morgan fingerprint density at radius 1 is 1.26 bits per heavy atom. The van der Waals surface area contributed by atoms with Crippen LogP contribution in [0.25, 0.3) is 0 Å². The molecule has 1 N–H and O–H groups in total. The highest BCUT2D eigenvalue weighted by Gasteiger charge is 2.18. The Morgan fingerprint density at radius 3 is 2.63 bits per heavy atom. The summed E-state index contributed by atoms with van der Waals surface area (Å²) < 4.78 is 10.2. The van der Waals surface area contributed by atoms with Gasteiger partial charge in [0.15, 0.2) is 0 Å². The fourth-order valence-electron chi connectivity index (χ4n) is 1.89. The number of rotatable bonds is 9. The van der Waals surface area contributed by atoms with Crippen molar-refractivity contribution in [1.82, 2.24) is 0 Å². The molecule has 106 valence electrons. The van der Waals surface area contributed by atoms with Crippen molar-refractivity contribution >= 4 is 5.97 Å². The molecular weight excluding hydrogens is 244 g/mol. The van der Waals surface area contributed by atoms with Gasteiger partial charge >= 0.3 is 5.97 Å². The summed E-state index contributed by atoms with van der Waals surface area (Å²) in [4.78, 5) is 11.3. The number of carbonyl (C=O) groups is 1. The molecule has 0 radical (unpaired) electrons. The maximum atomic E-state index is 11.3. The molecule has 0 aromatic heterocycles. The molecule has 0 fully saturated rings. The van der Waals surface area contributed by atoms with Crippen LogP contribution in [0, 0.1) is 12.8 Å². The first-order chi connectivity index (χ1) is 9.15. The number of benzene rings is 1. The second kappa shape index (κ2) is 8.67. The first kappa shape index (κ1) is 15.7. The lowest BCUT2D eigenvalue weighted by Crippen LogP contribution is -2.19. The van der Waals surface area contributed by atoms with Crippen LogP contribution in [0.4, 0.5) is 0 Å². The van der Waals surface area contributed by atoms with Crippen molar-refractivity contribution in [2.24, 2.45) is 5.92 Å². The van der Waals surface area contributed by atoms with Gasteiger partial charge < -0.3 is 14.6 Å². The van der Waals surface area contributed by atoms with E-state index in [4.69, 9.17) is 9.47 Å². The van der Waals surface area contributed by atoms with Crippen LogP contribution in [0.2, 0.25) is 0 Å². The van der Waals surface area contributed by atoms with E-state index in [1.807, 2.05) is 31.2 Å². The average molecular weight is 266 g/mol. The summed E-state index contributed by atoms with van der Waals surface area (Å²) in [6.07, 6.45) is 1.07. The van der Waals surface area contributed by atoms with Crippen LogP contribution < -0.4 is 0 Å². The molecule has 0 aliphatic rings. The molecule has 0 saturated carbocycles. The molecule has 0 amide bonds. The minimum absolute atomic E-state index is 0.399. The molecule has 19 heavy (non-hydrogen) atoms. The lowest BCUT2D eigenvalue weighted by molar-refractivity contribution is -0.142. The van der Waals surface area contributed by atoms with E-state index in [0.717, 1.165) is 11.1 Å². The van der Waals surface area contributed by atoms with Gasteiger partial charge in [0.05, 0.1) is 19.1 Å². The zero-order chi connectivity index (χ0) is 14.1. The Balaban J connectivity index is 2.45. The molecule has 0 aliphatic heterocycles. The first-order valence-electron chi connectivity index (χ1n) is 6.49. The van der Waals surface area contributed by atoms with E-state index >= 15 is 0 Å². The third kappa shape index (κ3) is 5.85. The Morgan fingerprint density at radius 2 is 2.00 bits per heavy atom. The van der Waals surface area contributed by atoms with Crippen molar-refractivity contribution in [2.45, 2.75) is 19.8 Å². The van der Waals surface area contributed by atoms with Crippen LogP contribution in [-0.2, 0) is 20.7 Å². The van der Waals surface area contributed by atoms with E-state index in [1.54, 1.807) is 7.11 Å². The predicted octanol–water partition coefficient (Wildman–Crippen LogP) is 2.29. The quantitative estimate of drug-likeness (QED) is 0.697. The van der Waals surface area contributed by atoms with Crippen LogP contribution in [0.1, 0.15) is 17.5 Å². The highest BCUT2D eigenvalue weighted by molar-refractivity contribution is 5.70. The molecule has 0 saturated heterocycles. The van der Waals surface area contributed by atoms with E-state index in [9.17, 15) is 9.90 Å². The molecule has 1 atom stereocenters. The Labute approximate surface area is 114 Å². The standard InChI is InChI=1S/C15H22O4/c1-12-5-3-4-6-13(12)11-14(15(16)17)7-8-19-10-9-18-2/h3-6,14H,7-11H2,1-2H3,(H,16,17). The fourth-order valence-corrected chi connectivity index (χ4v) is 1.89. The van der Waals surface area contributed by atoms with E-state index in [0.29, 0.717) is 32.7 Å². The number of carboxylic acids is 1. The third-order valence-electron chi connectivity index (χ3n) is 3.12. The number of carboxylic acid groups (broad SMARTS) is 1. The monoisotopic (exact) mass is 266 g/mol. The van der Waals surface area contributed by atoms with Gasteiger partial charge in [-0.25, -0.2) is 0 Å². The normalized spacial score (nSPS) is 12.3. The van der Waals surface area contributed by atoms with Gasteiger partial charge in [-0.2, -0.15) is 0 Å². The molecule has 1 aromatic carbocycles. The van der Waals surface area contributed by atoms with Crippen LogP contribution >= 0.6 is 0 Å². The van der Waals surface area contributed by atoms with Crippen LogP contribution in [0.3, 0.4) is 0 Å². The Kier molecular flexibility index (Phi) is 7.15. The number of aryl methyl sites for hydroxylation is 1. The number of hydrogen-bond donors (Lipinski definition) is 1. The molecule has 0 aliphatic carbocycles. The van der Waals surface area contributed by atoms with Crippen molar-refractivity contribution in [2.75, 3.05) is 26.9 Å². The minimum atomic E-state index is -0.765. The largest absolute Gasteiger partial charge is 0.481 e. The summed E-state index contributed by atoms with van der Waals surface area (Å²) in [5.74, 6) is -1.16. The Hall–Kier alpha value is -1.39. The molecular formula is C15H22O4. The van der Waals surface area contributed by atoms with Crippen LogP contribution in [0.5, 0.6) is 0 Å². The summed E-state index contributed by atoms with van der Waals surface area (Å²) in [5, 5.41) is 9.25. The van der Waals surface area contributed by atoms with Gasteiger partial charge in [-0.05, 0) is 30.9 Å². The number of ether oxygens (including phenoxy) is 2. The van der Waals surface area contributed by atoms with Gasteiger partial charge in [-0.15, -0.1) is 0 Å². The topological polar surface area (TPSA) is 55.8 Å². The minimum Gasteiger partial charge on any atom is -0.481 e. The second-order valence-corrected chi connectivity index (χ2v) is 4.56. The lowest BCUT2D eigenvalue weighted by atomic mass is 9.94. The highest BCUT2D eigenvalue weighted by atomic mass is 16.5. The molecule has 4 heteroatoms. The molecule has 0 bridgehead atoms. The van der Waals surface area contributed by atoms with Gasteiger partial charge in [-0.3, -0.25) is 4.79 Å². The van der Waals surface area contributed by atoms with Crippen LogP contribution in [-0.4, -0.2) is 38.0 Å². The summed E-state index contributed by atoms with van der Waals surface area (Å²) in [7, 11) is 1.61. The average Bonchev–Trinajstić information content (AvgIpc) is 2.39. The molecule has 1 unspecified atom stereocenters. The second-order valence-electron chi connectivity index (χ2n) is 4.56. The number of aliphatic carboxylic acids is 1. The molecule has 4 nitrogen and oxygen atoms in total. The fraction of sp³-hybridized carbons (Fsp3) is 0.533. The van der Waals surface area contributed by atoms with Gasteiger partial charge in [0, 0.05) is 13.7 Å². The summed E-state index contributed by atoms with van der Waals surface area (Å²) >= 11 is 0. The van der Waals surface area contributed by atoms with E-state index in [-0.39, 0.29) is 0 Å². The van der Waals surface area contributed by atoms with E-state index < -0.39 is 11.9 Å². The molecule has 1 aromatic rings. The lowest BCUT2D eigenvalue weighted by Gasteiger charge is -2.14.